The maximum absolute atomic E-state index is 11.9. The summed E-state index contributed by atoms with van der Waals surface area (Å²) in [4.78, 5) is 13.7. The number of aliphatic hydroxyl groups is 2. The molecule has 7 N–H and O–H groups in total. The Morgan fingerprint density at radius 3 is 2.95 bits per heavy atom. The Morgan fingerprint density at radius 1 is 1.57 bits per heavy atom. The zero-order valence-electron chi connectivity index (χ0n) is 11.6. The van der Waals surface area contributed by atoms with Crippen LogP contribution in [0.2, 0.25) is 0 Å². The number of methoxy groups -OCH3 is 1. The lowest BCUT2D eigenvalue weighted by Crippen LogP contribution is -2.71. The maximum atomic E-state index is 11.9. The van der Waals surface area contributed by atoms with Crippen molar-refractivity contribution in [1.82, 2.24) is 20.9 Å². The summed E-state index contributed by atoms with van der Waals surface area (Å²) >= 11 is 0. The summed E-state index contributed by atoms with van der Waals surface area (Å²) in [7, 11) is 1.45. The summed E-state index contributed by atoms with van der Waals surface area (Å²) in [5, 5.41) is 28.3. The van der Waals surface area contributed by atoms with E-state index in [1.807, 2.05) is 0 Å². The van der Waals surface area contributed by atoms with Crippen LogP contribution in [0.25, 0.3) is 0 Å². The highest BCUT2D eigenvalue weighted by molar-refractivity contribution is 5.84. The van der Waals surface area contributed by atoms with Gasteiger partial charge in [-0.2, -0.15) is 0 Å². The van der Waals surface area contributed by atoms with E-state index in [0.29, 0.717) is 6.67 Å². The van der Waals surface area contributed by atoms with Crippen LogP contribution >= 0.6 is 0 Å². The fraction of sp³-hybridized carbons (Fsp3) is 0.909. The van der Waals surface area contributed by atoms with Crippen molar-refractivity contribution >= 4 is 5.91 Å². The quantitative estimate of drug-likeness (QED) is 0.305. The molecule has 0 aromatic carbocycles. The predicted octanol–water partition coefficient (Wildman–Crippen LogP) is -4.40. The second-order valence-corrected chi connectivity index (χ2v) is 5.39. The molecule has 3 unspecified atom stereocenters. The number of ether oxygens (including phenoxy) is 2. The van der Waals surface area contributed by atoms with Gasteiger partial charge in [0.25, 0.3) is 0 Å². The number of amides is 1. The summed E-state index contributed by atoms with van der Waals surface area (Å²) < 4.78 is 10.9. The average molecular weight is 303 g/mol. The predicted molar refractivity (Wildman–Crippen MR) is 69.2 cm³/mol. The highest BCUT2D eigenvalue weighted by atomic mass is 16.6. The van der Waals surface area contributed by atoms with Gasteiger partial charge in [0.2, 0.25) is 5.91 Å². The molecule has 10 nitrogen and oxygen atoms in total. The third kappa shape index (κ3) is 2.43. The van der Waals surface area contributed by atoms with Crippen molar-refractivity contribution in [2.75, 3.05) is 20.4 Å². The number of carbonyl (C=O) groups excluding carboxylic acids is 1. The molecule has 3 rings (SSSR count). The first kappa shape index (κ1) is 15.1. The first-order valence-electron chi connectivity index (χ1n) is 6.85. The number of carbonyl (C=O) groups is 1. The van der Waals surface area contributed by atoms with E-state index in [1.165, 1.54) is 7.11 Å². The standard InChI is InChI=1S/C11H21N5O5/c1-20-7-4(2-17)21-10(6(7)18)16-3-13-5-8(16)14-11(12)15-9(5)19/h4-8,10-11,13-14,17-18H,2-3,12H2,1H3,(H,15,19)/t4-,5?,6-,7-,8?,10-,11?/m1/s1. The van der Waals surface area contributed by atoms with Gasteiger partial charge in [0.15, 0.2) is 0 Å². The summed E-state index contributed by atoms with van der Waals surface area (Å²) in [5.41, 5.74) is 5.72. The van der Waals surface area contributed by atoms with Gasteiger partial charge in [-0.1, -0.05) is 0 Å². The number of aliphatic hydroxyl groups excluding tert-OH is 2. The van der Waals surface area contributed by atoms with Crippen LogP contribution in [0.1, 0.15) is 0 Å². The van der Waals surface area contributed by atoms with Crippen molar-refractivity contribution in [2.24, 2.45) is 5.73 Å². The van der Waals surface area contributed by atoms with Crippen LogP contribution in [0.4, 0.5) is 0 Å². The molecule has 3 fully saturated rings. The Hall–Kier alpha value is -0.850. The molecule has 3 saturated heterocycles. The van der Waals surface area contributed by atoms with Crippen molar-refractivity contribution in [3.63, 3.8) is 0 Å². The van der Waals surface area contributed by atoms with E-state index >= 15 is 0 Å². The first-order chi connectivity index (χ1) is 10.1. The second kappa shape index (κ2) is 5.74. The molecule has 7 atom stereocenters. The fourth-order valence-corrected chi connectivity index (χ4v) is 3.18. The van der Waals surface area contributed by atoms with Gasteiger partial charge < -0.3 is 25.0 Å². The Balaban J connectivity index is 1.76. The second-order valence-electron chi connectivity index (χ2n) is 5.39. The lowest BCUT2D eigenvalue weighted by Gasteiger charge is -2.37. The molecule has 0 bridgehead atoms. The largest absolute Gasteiger partial charge is 0.394 e. The lowest BCUT2D eigenvalue weighted by molar-refractivity contribution is -0.133. The van der Waals surface area contributed by atoms with E-state index in [-0.39, 0.29) is 12.5 Å². The van der Waals surface area contributed by atoms with Crippen LogP contribution in [0.5, 0.6) is 0 Å². The SMILES string of the molecule is CO[C@H]1[C@@H](O)[C@H](N2CNC3C(=O)NC(N)NC32)O[C@@H]1CO. The van der Waals surface area contributed by atoms with E-state index in [4.69, 9.17) is 15.2 Å². The van der Waals surface area contributed by atoms with Gasteiger partial charge in [0, 0.05) is 7.11 Å². The molecule has 0 aromatic heterocycles. The molecule has 0 radical (unpaired) electrons. The average Bonchev–Trinajstić information content (AvgIpc) is 2.99. The molecule has 10 heteroatoms. The van der Waals surface area contributed by atoms with Crippen LogP contribution in [0.3, 0.4) is 0 Å². The minimum Gasteiger partial charge on any atom is -0.394 e. The molecule has 0 aromatic rings. The smallest absolute Gasteiger partial charge is 0.242 e. The summed E-state index contributed by atoms with van der Waals surface area (Å²) in [6, 6.07) is -0.477. The van der Waals surface area contributed by atoms with Gasteiger partial charge in [-0.05, 0) is 0 Å². The van der Waals surface area contributed by atoms with Crippen LogP contribution < -0.4 is 21.7 Å². The Morgan fingerprint density at radius 2 is 2.33 bits per heavy atom. The van der Waals surface area contributed by atoms with Crippen LogP contribution in [-0.4, -0.2) is 84.4 Å². The normalized spacial score (nSPS) is 47.4. The van der Waals surface area contributed by atoms with Gasteiger partial charge in [0.05, 0.1) is 19.4 Å². The fourth-order valence-electron chi connectivity index (χ4n) is 3.18. The van der Waals surface area contributed by atoms with E-state index in [2.05, 4.69) is 16.0 Å². The number of fused-ring (bicyclic) bond motifs is 1. The molecular formula is C11H21N5O5. The highest BCUT2D eigenvalue weighted by Crippen LogP contribution is 2.29. The molecular weight excluding hydrogens is 282 g/mol. The minimum absolute atomic E-state index is 0.205. The van der Waals surface area contributed by atoms with Crippen molar-refractivity contribution in [3.05, 3.63) is 0 Å². The minimum atomic E-state index is -0.935. The monoisotopic (exact) mass is 303 g/mol. The molecule has 21 heavy (non-hydrogen) atoms. The van der Waals surface area contributed by atoms with Crippen LogP contribution in [-0.2, 0) is 14.3 Å². The molecule has 3 heterocycles. The molecule has 3 aliphatic heterocycles. The number of nitrogens with zero attached hydrogens (tertiary/aromatic N) is 1. The van der Waals surface area contributed by atoms with E-state index in [1.54, 1.807) is 4.90 Å². The van der Waals surface area contributed by atoms with E-state index < -0.39 is 43.0 Å². The number of nitrogens with two attached hydrogens (primary N) is 1. The number of nitrogens with one attached hydrogen (secondary N) is 3. The third-order valence-corrected chi connectivity index (χ3v) is 4.19. The van der Waals surface area contributed by atoms with Crippen molar-refractivity contribution < 1.29 is 24.5 Å². The zero-order chi connectivity index (χ0) is 15.1. The summed E-state index contributed by atoms with van der Waals surface area (Å²) in [5.74, 6) is -0.205. The van der Waals surface area contributed by atoms with Crippen molar-refractivity contribution in [3.8, 4) is 0 Å². The zero-order valence-corrected chi connectivity index (χ0v) is 11.6. The van der Waals surface area contributed by atoms with Gasteiger partial charge in [-0.15, -0.1) is 0 Å². The topological polar surface area (TPSA) is 141 Å². The van der Waals surface area contributed by atoms with Gasteiger partial charge in [-0.3, -0.25) is 21.2 Å². The Kier molecular flexibility index (Phi) is 4.12. The van der Waals surface area contributed by atoms with Crippen molar-refractivity contribution in [1.29, 1.82) is 0 Å². The van der Waals surface area contributed by atoms with Crippen LogP contribution in [0, 0.1) is 0 Å². The molecule has 0 saturated carbocycles. The number of hydrogen-bond donors (Lipinski definition) is 6. The van der Waals surface area contributed by atoms with Crippen molar-refractivity contribution in [2.45, 2.75) is 43.0 Å². The lowest BCUT2D eigenvalue weighted by atomic mass is 10.1. The molecule has 120 valence electrons. The molecule has 3 aliphatic rings. The van der Waals surface area contributed by atoms with Gasteiger partial charge in [-0.25, -0.2) is 4.90 Å². The maximum Gasteiger partial charge on any atom is 0.242 e. The number of rotatable bonds is 3. The van der Waals surface area contributed by atoms with E-state index in [9.17, 15) is 15.0 Å². The third-order valence-electron chi connectivity index (χ3n) is 4.19. The van der Waals surface area contributed by atoms with Crippen LogP contribution in [0.15, 0.2) is 0 Å². The van der Waals surface area contributed by atoms with Gasteiger partial charge >= 0.3 is 0 Å². The molecule has 0 spiro atoms. The summed E-state index contributed by atoms with van der Waals surface area (Å²) in [6.07, 6.45) is -3.92. The first-order valence-corrected chi connectivity index (χ1v) is 6.85. The molecule has 0 aliphatic carbocycles. The summed E-state index contributed by atoms with van der Waals surface area (Å²) in [6.45, 7) is 0.0909. The Bertz CT molecular complexity index is 412. The van der Waals surface area contributed by atoms with E-state index in [0.717, 1.165) is 0 Å². The molecule has 1 amide bonds. The van der Waals surface area contributed by atoms with Gasteiger partial charge in [0.1, 0.15) is 36.9 Å². The number of hydrogen-bond acceptors (Lipinski definition) is 9. The Labute approximate surface area is 121 Å². The highest BCUT2D eigenvalue weighted by Gasteiger charge is 2.53.